The van der Waals surface area contributed by atoms with Crippen LogP contribution in [0.5, 0.6) is 0 Å². The SMILES string of the molecule is CC(C)(C)C(Cl)c1ccc(Cl)c2ccccc12. The summed E-state index contributed by atoms with van der Waals surface area (Å²) in [5.41, 5.74) is 1.18. The second kappa shape index (κ2) is 4.51. The third-order valence-corrected chi connectivity index (χ3v) is 4.16. The Balaban J connectivity index is 2.67. The average Bonchev–Trinajstić information content (AvgIpc) is 2.28. The largest absolute Gasteiger partial charge is 0.117 e. The Morgan fingerprint density at radius 1 is 0.941 bits per heavy atom. The smallest absolute Gasteiger partial charge is 0.0639 e. The molecule has 2 aromatic carbocycles. The molecule has 0 aliphatic carbocycles. The van der Waals surface area contributed by atoms with E-state index in [1.807, 2.05) is 30.3 Å². The second-order valence-electron chi connectivity index (χ2n) is 5.41. The quantitative estimate of drug-likeness (QED) is 0.571. The minimum atomic E-state index is -0.0235. The van der Waals surface area contributed by atoms with Crippen molar-refractivity contribution >= 4 is 34.0 Å². The molecule has 0 aromatic heterocycles. The second-order valence-corrected chi connectivity index (χ2v) is 6.25. The van der Waals surface area contributed by atoms with Crippen molar-refractivity contribution in [3.05, 3.63) is 47.0 Å². The molecule has 2 aromatic rings. The Kier molecular flexibility index (Phi) is 3.38. The first-order valence-electron chi connectivity index (χ1n) is 5.72. The number of benzene rings is 2. The molecule has 1 unspecified atom stereocenters. The lowest BCUT2D eigenvalue weighted by atomic mass is 9.85. The van der Waals surface area contributed by atoms with Crippen LogP contribution in [0.2, 0.25) is 5.02 Å². The minimum absolute atomic E-state index is 0.0235. The lowest BCUT2D eigenvalue weighted by Crippen LogP contribution is -2.13. The highest BCUT2D eigenvalue weighted by Crippen LogP contribution is 2.42. The van der Waals surface area contributed by atoms with Gasteiger partial charge >= 0.3 is 0 Å². The zero-order chi connectivity index (χ0) is 12.6. The standard InChI is InChI=1S/C15H16Cl2/c1-15(2,3)14(17)12-8-9-13(16)11-7-5-4-6-10(11)12/h4-9,14H,1-3H3. The molecule has 0 nitrogen and oxygen atoms in total. The topological polar surface area (TPSA) is 0 Å². The molecule has 1 atom stereocenters. The summed E-state index contributed by atoms with van der Waals surface area (Å²) in [5, 5.41) is 2.98. The Hall–Kier alpha value is -0.720. The lowest BCUT2D eigenvalue weighted by molar-refractivity contribution is 0.397. The molecule has 0 heterocycles. The maximum Gasteiger partial charge on any atom is 0.0639 e. The number of fused-ring (bicyclic) bond motifs is 1. The highest BCUT2D eigenvalue weighted by atomic mass is 35.5. The molecule has 0 N–H and O–H groups in total. The van der Waals surface area contributed by atoms with E-state index in [2.05, 4.69) is 26.8 Å². The van der Waals surface area contributed by atoms with Gasteiger partial charge in [0.15, 0.2) is 0 Å². The molecule has 0 saturated heterocycles. The summed E-state index contributed by atoms with van der Waals surface area (Å²) in [6.07, 6.45) is 0. The van der Waals surface area contributed by atoms with Crippen molar-refractivity contribution in [3.63, 3.8) is 0 Å². The normalized spacial score (nSPS) is 13.9. The van der Waals surface area contributed by atoms with Crippen LogP contribution in [0.4, 0.5) is 0 Å². The van der Waals surface area contributed by atoms with E-state index in [-0.39, 0.29) is 10.8 Å². The van der Waals surface area contributed by atoms with Gasteiger partial charge in [-0.05, 0) is 22.4 Å². The van der Waals surface area contributed by atoms with Crippen LogP contribution >= 0.6 is 23.2 Å². The van der Waals surface area contributed by atoms with Crippen LogP contribution in [-0.2, 0) is 0 Å². The third-order valence-electron chi connectivity index (χ3n) is 2.94. The summed E-state index contributed by atoms with van der Waals surface area (Å²) in [6.45, 7) is 6.44. The fourth-order valence-electron chi connectivity index (χ4n) is 1.97. The number of hydrogen-bond acceptors (Lipinski definition) is 0. The summed E-state index contributed by atoms with van der Waals surface area (Å²) < 4.78 is 0. The van der Waals surface area contributed by atoms with Gasteiger partial charge in [-0.2, -0.15) is 0 Å². The van der Waals surface area contributed by atoms with Gasteiger partial charge < -0.3 is 0 Å². The lowest BCUT2D eigenvalue weighted by Gasteiger charge is -2.26. The van der Waals surface area contributed by atoms with Gasteiger partial charge in [0.1, 0.15) is 0 Å². The molecule has 0 amide bonds. The molecule has 0 radical (unpaired) electrons. The van der Waals surface area contributed by atoms with Gasteiger partial charge in [0.2, 0.25) is 0 Å². The number of rotatable bonds is 1. The Morgan fingerprint density at radius 3 is 2.12 bits per heavy atom. The van der Waals surface area contributed by atoms with E-state index in [0.29, 0.717) is 0 Å². The summed E-state index contributed by atoms with van der Waals surface area (Å²) in [5.74, 6) is 0. The van der Waals surface area contributed by atoms with E-state index in [4.69, 9.17) is 23.2 Å². The Morgan fingerprint density at radius 2 is 1.53 bits per heavy atom. The van der Waals surface area contributed by atoms with Crippen molar-refractivity contribution in [1.29, 1.82) is 0 Å². The third kappa shape index (κ3) is 2.43. The van der Waals surface area contributed by atoms with E-state index < -0.39 is 0 Å². The average molecular weight is 267 g/mol. The number of hydrogen-bond donors (Lipinski definition) is 0. The van der Waals surface area contributed by atoms with Crippen molar-refractivity contribution < 1.29 is 0 Å². The van der Waals surface area contributed by atoms with Crippen LogP contribution in [0.15, 0.2) is 36.4 Å². The summed E-state index contributed by atoms with van der Waals surface area (Å²) in [7, 11) is 0. The van der Waals surface area contributed by atoms with Crippen LogP contribution < -0.4 is 0 Å². The zero-order valence-electron chi connectivity index (χ0n) is 10.3. The first-order chi connectivity index (χ1) is 7.91. The highest BCUT2D eigenvalue weighted by Gasteiger charge is 2.25. The van der Waals surface area contributed by atoms with Crippen LogP contribution in [0.3, 0.4) is 0 Å². The summed E-state index contributed by atoms with van der Waals surface area (Å²) >= 11 is 12.8. The van der Waals surface area contributed by atoms with Crippen LogP contribution in [0, 0.1) is 5.41 Å². The monoisotopic (exact) mass is 266 g/mol. The summed E-state index contributed by atoms with van der Waals surface area (Å²) in [4.78, 5) is 0. The van der Waals surface area contributed by atoms with E-state index in [9.17, 15) is 0 Å². The number of halogens is 2. The van der Waals surface area contributed by atoms with Gasteiger partial charge in [-0.3, -0.25) is 0 Å². The summed E-state index contributed by atoms with van der Waals surface area (Å²) in [6, 6.07) is 12.1. The molecule has 0 bridgehead atoms. The molecule has 17 heavy (non-hydrogen) atoms. The molecular formula is C15H16Cl2. The van der Waals surface area contributed by atoms with Gasteiger partial charge in [0.05, 0.1) is 5.38 Å². The van der Waals surface area contributed by atoms with Crippen molar-refractivity contribution in [2.45, 2.75) is 26.1 Å². The van der Waals surface area contributed by atoms with Crippen molar-refractivity contribution in [2.24, 2.45) is 5.41 Å². The molecule has 0 aliphatic rings. The minimum Gasteiger partial charge on any atom is -0.117 e. The van der Waals surface area contributed by atoms with Crippen LogP contribution in [0.1, 0.15) is 31.7 Å². The van der Waals surface area contributed by atoms with E-state index in [1.165, 1.54) is 0 Å². The maximum atomic E-state index is 6.57. The molecule has 2 heteroatoms. The molecule has 0 aliphatic heterocycles. The van der Waals surface area contributed by atoms with Gasteiger partial charge in [-0.25, -0.2) is 0 Å². The molecule has 0 fully saturated rings. The highest BCUT2D eigenvalue weighted by molar-refractivity contribution is 6.35. The van der Waals surface area contributed by atoms with Gasteiger partial charge in [-0.15, -0.1) is 11.6 Å². The first kappa shape index (κ1) is 12.7. The van der Waals surface area contributed by atoms with Gasteiger partial charge in [-0.1, -0.05) is 62.7 Å². The van der Waals surface area contributed by atoms with Crippen molar-refractivity contribution in [3.8, 4) is 0 Å². The predicted molar refractivity (Wildman–Crippen MR) is 77.0 cm³/mol. The molecular weight excluding hydrogens is 251 g/mol. The Bertz CT molecular complexity index is 538. The van der Waals surface area contributed by atoms with Crippen LogP contribution in [-0.4, -0.2) is 0 Å². The predicted octanol–water partition coefficient (Wildman–Crippen LogP) is 5.82. The van der Waals surface area contributed by atoms with Gasteiger partial charge in [0, 0.05) is 10.4 Å². The molecule has 2 rings (SSSR count). The van der Waals surface area contributed by atoms with E-state index in [1.54, 1.807) is 0 Å². The maximum absolute atomic E-state index is 6.57. The zero-order valence-corrected chi connectivity index (χ0v) is 11.8. The number of alkyl halides is 1. The van der Waals surface area contributed by atoms with E-state index in [0.717, 1.165) is 21.4 Å². The van der Waals surface area contributed by atoms with E-state index >= 15 is 0 Å². The van der Waals surface area contributed by atoms with Crippen molar-refractivity contribution in [1.82, 2.24) is 0 Å². The Labute approximate surface area is 113 Å². The molecule has 90 valence electrons. The fourth-order valence-corrected chi connectivity index (χ4v) is 2.39. The van der Waals surface area contributed by atoms with Crippen molar-refractivity contribution in [2.75, 3.05) is 0 Å². The fraction of sp³-hybridized carbons (Fsp3) is 0.333. The molecule has 0 saturated carbocycles. The van der Waals surface area contributed by atoms with Gasteiger partial charge in [0.25, 0.3) is 0 Å². The molecule has 0 spiro atoms. The first-order valence-corrected chi connectivity index (χ1v) is 6.54. The van der Waals surface area contributed by atoms with Crippen LogP contribution in [0.25, 0.3) is 10.8 Å².